The summed E-state index contributed by atoms with van der Waals surface area (Å²) in [6, 6.07) is 92.0. The minimum atomic E-state index is 1.09. The third-order valence-corrected chi connectivity index (χ3v) is 12.0. The average Bonchev–Trinajstić information content (AvgIpc) is 3.70. The van der Waals surface area contributed by atoms with Crippen LogP contribution in [0.1, 0.15) is 0 Å². The minimum Gasteiger partial charge on any atom is -0.310 e. The van der Waals surface area contributed by atoms with Crippen LogP contribution in [0.2, 0.25) is 0 Å². The fourth-order valence-corrected chi connectivity index (χ4v) is 9.08. The SMILES string of the molecule is c1ccc(-c2cccc(-c3ccc(N(c4cccc(-c5cccc(-c6cccc7c6c6ccccc6n7-c6ccccc6)c5)c4)c4ccccc4-c4ccccc4)cc3)c2)cc1. The zero-order valence-electron chi connectivity index (χ0n) is 34.1. The maximum absolute atomic E-state index is 2.40. The summed E-state index contributed by atoms with van der Waals surface area (Å²) >= 11 is 0. The van der Waals surface area contributed by atoms with Gasteiger partial charge in [0.05, 0.1) is 16.7 Å². The van der Waals surface area contributed by atoms with Crippen LogP contribution in [0.15, 0.2) is 255 Å². The Labute approximate surface area is 362 Å². The Bertz CT molecular complexity index is 3330. The van der Waals surface area contributed by atoms with Gasteiger partial charge in [0.25, 0.3) is 0 Å². The highest BCUT2D eigenvalue weighted by Gasteiger charge is 2.19. The van der Waals surface area contributed by atoms with Crippen molar-refractivity contribution in [3.8, 4) is 61.3 Å². The van der Waals surface area contributed by atoms with Crippen molar-refractivity contribution in [3.05, 3.63) is 255 Å². The number of rotatable bonds is 9. The summed E-state index contributed by atoms with van der Waals surface area (Å²) in [5.74, 6) is 0. The molecule has 0 amide bonds. The van der Waals surface area contributed by atoms with Crippen LogP contribution in [0.4, 0.5) is 17.1 Å². The first kappa shape index (κ1) is 36.8. The average molecular weight is 791 g/mol. The number of hydrogen-bond donors (Lipinski definition) is 0. The van der Waals surface area contributed by atoms with Crippen molar-refractivity contribution < 1.29 is 0 Å². The summed E-state index contributed by atoms with van der Waals surface area (Å²) in [5, 5.41) is 2.51. The van der Waals surface area contributed by atoms with Crippen LogP contribution >= 0.6 is 0 Å². The topological polar surface area (TPSA) is 8.17 Å². The van der Waals surface area contributed by atoms with Gasteiger partial charge in [-0.05, 0) is 117 Å². The van der Waals surface area contributed by atoms with Crippen LogP contribution in [-0.2, 0) is 0 Å². The van der Waals surface area contributed by atoms with Gasteiger partial charge < -0.3 is 9.47 Å². The molecule has 0 saturated heterocycles. The Morgan fingerprint density at radius 1 is 0.274 bits per heavy atom. The van der Waals surface area contributed by atoms with E-state index in [1.54, 1.807) is 0 Å². The maximum Gasteiger partial charge on any atom is 0.0547 e. The Morgan fingerprint density at radius 3 is 1.50 bits per heavy atom. The molecule has 11 aromatic rings. The molecule has 1 heterocycles. The molecule has 0 aliphatic rings. The van der Waals surface area contributed by atoms with E-state index in [9.17, 15) is 0 Å². The standard InChI is InChI=1S/C60H42N2/c1-4-18-43(19-5-1)46-22-14-23-47(40-46)44-36-38-52(39-37-44)61(57-33-12-10-30-54(57)45-20-6-2-7-21-45)53-29-16-25-49(42-53)48-24-15-26-50(41-48)55-32-17-35-59-60(55)56-31-11-13-34-58(56)62(59)51-27-8-3-9-28-51/h1-42H. The predicted molar refractivity (Wildman–Crippen MR) is 263 cm³/mol. The fraction of sp³-hybridized carbons (Fsp3) is 0. The molecule has 0 aliphatic carbocycles. The molecule has 10 aromatic carbocycles. The van der Waals surface area contributed by atoms with Gasteiger partial charge in [-0.1, -0.05) is 188 Å². The lowest BCUT2D eigenvalue weighted by Gasteiger charge is -2.28. The van der Waals surface area contributed by atoms with Gasteiger partial charge in [-0.15, -0.1) is 0 Å². The smallest absolute Gasteiger partial charge is 0.0547 e. The number of anilines is 3. The molecule has 0 N–H and O–H groups in total. The van der Waals surface area contributed by atoms with E-state index in [1.807, 2.05) is 0 Å². The first-order chi connectivity index (χ1) is 30.8. The van der Waals surface area contributed by atoms with E-state index < -0.39 is 0 Å². The van der Waals surface area contributed by atoms with Crippen molar-refractivity contribution in [2.75, 3.05) is 4.90 Å². The number of nitrogens with zero attached hydrogens (tertiary/aromatic N) is 2. The summed E-state index contributed by atoms with van der Waals surface area (Å²) in [6.45, 7) is 0. The maximum atomic E-state index is 2.40. The van der Waals surface area contributed by atoms with Gasteiger partial charge in [0.2, 0.25) is 0 Å². The summed E-state index contributed by atoms with van der Waals surface area (Å²) in [4.78, 5) is 2.40. The molecular weight excluding hydrogens is 749 g/mol. The monoisotopic (exact) mass is 790 g/mol. The second-order valence-corrected chi connectivity index (χ2v) is 15.7. The van der Waals surface area contributed by atoms with E-state index in [4.69, 9.17) is 0 Å². The molecule has 0 fully saturated rings. The lowest BCUT2D eigenvalue weighted by molar-refractivity contribution is 1.18. The molecule has 2 nitrogen and oxygen atoms in total. The summed E-state index contributed by atoms with van der Waals surface area (Å²) in [7, 11) is 0. The van der Waals surface area contributed by atoms with Gasteiger partial charge in [0.1, 0.15) is 0 Å². The first-order valence-corrected chi connectivity index (χ1v) is 21.3. The van der Waals surface area contributed by atoms with Gasteiger partial charge in [-0.3, -0.25) is 0 Å². The molecule has 0 spiro atoms. The molecule has 0 atom stereocenters. The second kappa shape index (κ2) is 16.1. The molecule has 292 valence electrons. The number of para-hydroxylation sites is 3. The van der Waals surface area contributed by atoms with Crippen molar-refractivity contribution in [2.45, 2.75) is 0 Å². The Balaban J connectivity index is 1.02. The van der Waals surface area contributed by atoms with Gasteiger partial charge in [-0.2, -0.15) is 0 Å². The normalized spacial score (nSPS) is 11.2. The molecule has 0 unspecified atom stereocenters. The van der Waals surface area contributed by atoms with Crippen molar-refractivity contribution >= 4 is 38.9 Å². The number of benzene rings is 10. The highest BCUT2D eigenvalue weighted by molar-refractivity contribution is 6.16. The quantitative estimate of drug-likeness (QED) is 0.141. The summed E-state index contributed by atoms with van der Waals surface area (Å²) in [6.07, 6.45) is 0. The Morgan fingerprint density at radius 2 is 0.758 bits per heavy atom. The largest absolute Gasteiger partial charge is 0.310 e. The molecule has 11 rings (SSSR count). The molecule has 0 radical (unpaired) electrons. The number of hydrogen-bond acceptors (Lipinski definition) is 1. The van der Waals surface area contributed by atoms with Crippen LogP contribution in [0.5, 0.6) is 0 Å². The van der Waals surface area contributed by atoms with Gasteiger partial charge >= 0.3 is 0 Å². The minimum absolute atomic E-state index is 1.09. The van der Waals surface area contributed by atoms with E-state index in [1.165, 1.54) is 66.3 Å². The summed E-state index contributed by atoms with van der Waals surface area (Å²) < 4.78 is 2.39. The zero-order chi connectivity index (χ0) is 41.2. The van der Waals surface area contributed by atoms with Crippen molar-refractivity contribution in [3.63, 3.8) is 0 Å². The number of fused-ring (bicyclic) bond motifs is 3. The van der Waals surface area contributed by atoms with E-state index in [0.717, 1.165) is 33.9 Å². The highest BCUT2D eigenvalue weighted by atomic mass is 15.1. The molecule has 2 heteroatoms. The van der Waals surface area contributed by atoms with Crippen molar-refractivity contribution in [2.24, 2.45) is 0 Å². The molecule has 1 aromatic heterocycles. The van der Waals surface area contributed by atoms with E-state index >= 15 is 0 Å². The molecule has 0 aliphatic heterocycles. The van der Waals surface area contributed by atoms with Crippen LogP contribution in [0.25, 0.3) is 83.1 Å². The predicted octanol–water partition coefficient (Wildman–Crippen LogP) is 16.6. The van der Waals surface area contributed by atoms with Gasteiger partial charge in [0, 0.05) is 33.4 Å². The molecular formula is C60H42N2. The lowest BCUT2D eigenvalue weighted by atomic mass is 9.95. The summed E-state index contributed by atoms with van der Waals surface area (Å²) in [5.41, 5.74) is 18.7. The molecule has 0 saturated carbocycles. The van der Waals surface area contributed by atoms with Crippen molar-refractivity contribution in [1.29, 1.82) is 0 Å². The van der Waals surface area contributed by atoms with Gasteiger partial charge in [-0.25, -0.2) is 0 Å². The van der Waals surface area contributed by atoms with Crippen LogP contribution < -0.4 is 4.90 Å². The molecule has 62 heavy (non-hydrogen) atoms. The van der Waals surface area contributed by atoms with Crippen LogP contribution in [-0.4, -0.2) is 4.57 Å². The van der Waals surface area contributed by atoms with Crippen LogP contribution in [0, 0.1) is 0 Å². The first-order valence-electron chi connectivity index (χ1n) is 21.3. The Hall–Kier alpha value is -8.20. The zero-order valence-corrected chi connectivity index (χ0v) is 34.1. The highest BCUT2D eigenvalue weighted by Crippen LogP contribution is 2.44. The van der Waals surface area contributed by atoms with E-state index in [-0.39, 0.29) is 0 Å². The van der Waals surface area contributed by atoms with E-state index in [2.05, 4.69) is 264 Å². The third kappa shape index (κ3) is 6.84. The third-order valence-electron chi connectivity index (χ3n) is 12.0. The van der Waals surface area contributed by atoms with Crippen LogP contribution in [0.3, 0.4) is 0 Å². The lowest BCUT2D eigenvalue weighted by Crippen LogP contribution is -2.11. The number of aromatic nitrogens is 1. The van der Waals surface area contributed by atoms with Crippen molar-refractivity contribution in [1.82, 2.24) is 4.57 Å². The Kier molecular flexibility index (Phi) is 9.57. The molecule has 0 bridgehead atoms. The fourth-order valence-electron chi connectivity index (χ4n) is 9.08. The van der Waals surface area contributed by atoms with E-state index in [0.29, 0.717) is 0 Å². The van der Waals surface area contributed by atoms with Gasteiger partial charge in [0.15, 0.2) is 0 Å². The second-order valence-electron chi connectivity index (χ2n) is 15.7.